The average molecular weight is 265 g/mol. The van der Waals surface area contributed by atoms with E-state index < -0.39 is 0 Å². The normalized spacial score (nSPS) is 24.6. The highest BCUT2D eigenvalue weighted by molar-refractivity contribution is 5.90. The van der Waals surface area contributed by atoms with Crippen molar-refractivity contribution in [3.8, 4) is 0 Å². The molecule has 0 saturated carbocycles. The summed E-state index contributed by atoms with van der Waals surface area (Å²) in [4.78, 5) is 18.5. The average Bonchev–Trinajstić information content (AvgIpc) is 2.75. The third kappa shape index (κ3) is 3.12. The van der Waals surface area contributed by atoms with Crippen molar-refractivity contribution in [1.29, 1.82) is 0 Å². The molecule has 1 aliphatic heterocycles. The molecule has 2 atom stereocenters. The summed E-state index contributed by atoms with van der Waals surface area (Å²) in [5, 5.41) is 10.3. The zero-order valence-electron chi connectivity index (χ0n) is 12.3. The smallest absolute Gasteiger partial charge is 0.293 e. The van der Waals surface area contributed by atoms with Crippen LogP contribution in [0, 0.1) is 0 Å². The van der Waals surface area contributed by atoms with E-state index in [0.29, 0.717) is 25.2 Å². The number of rotatable bonds is 1. The molecule has 19 heavy (non-hydrogen) atoms. The predicted molar refractivity (Wildman–Crippen MR) is 73.0 cm³/mol. The van der Waals surface area contributed by atoms with Crippen molar-refractivity contribution in [3.05, 3.63) is 11.6 Å². The van der Waals surface area contributed by atoms with Crippen LogP contribution in [0.5, 0.6) is 0 Å². The summed E-state index contributed by atoms with van der Waals surface area (Å²) < 4.78 is 0. The molecule has 6 nitrogen and oxygen atoms in total. The molecule has 6 heteroatoms. The van der Waals surface area contributed by atoms with Crippen molar-refractivity contribution in [2.75, 3.05) is 13.1 Å². The summed E-state index contributed by atoms with van der Waals surface area (Å²) in [5.74, 6) is 0.922. The molecule has 0 aliphatic carbocycles. The Balaban J connectivity index is 2.13. The minimum atomic E-state index is -0.129. The number of H-pyrrole nitrogens is 1. The van der Waals surface area contributed by atoms with Crippen LogP contribution < -0.4 is 5.32 Å². The van der Waals surface area contributed by atoms with Crippen LogP contribution in [0.1, 0.15) is 51.1 Å². The molecule has 1 saturated heterocycles. The second-order valence-corrected chi connectivity index (χ2v) is 6.44. The van der Waals surface area contributed by atoms with Crippen molar-refractivity contribution in [2.24, 2.45) is 0 Å². The fourth-order valence-electron chi connectivity index (χ4n) is 2.33. The summed E-state index contributed by atoms with van der Waals surface area (Å²) >= 11 is 0. The van der Waals surface area contributed by atoms with E-state index in [9.17, 15) is 4.79 Å². The minimum absolute atomic E-state index is 0.0908. The summed E-state index contributed by atoms with van der Waals surface area (Å²) in [7, 11) is 0. The van der Waals surface area contributed by atoms with Crippen molar-refractivity contribution < 1.29 is 4.79 Å². The number of hydrogen-bond acceptors (Lipinski definition) is 4. The van der Waals surface area contributed by atoms with Crippen LogP contribution in [0.25, 0.3) is 0 Å². The maximum Gasteiger partial charge on any atom is 0.293 e. The van der Waals surface area contributed by atoms with E-state index >= 15 is 0 Å². The van der Waals surface area contributed by atoms with E-state index in [-0.39, 0.29) is 17.1 Å². The molecular formula is C13H23N5O. The van der Waals surface area contributed by atoms with E-state index in [1.807, 2.05) is 25.7 Å². The molecule has 2 rings (SSSR count). The van der Waals surface area contributed by atoms with Gasteiger partial charge in [-0.1, -0.05) is 20.8 Å². The Morgan fingerprint density at radius 1 is 1.26 bits per heavy atom. The molecule has 1 aliphatic rings. The molecule has 0 radical (unpaired) electrons. The number of piperazine rings is 1. The zero-order valence-corrected chi connectivity index (χ0v) is 12.3. The molecular weight excluding hydrogens is 242 g/mol. The van der Waals surface area contributed by atoms with E-state index in [2.05, 4.69) is 34.3 Å². The van der Waals surface area contributed by atoms with E-state index in [1.165, 1.54) is 0 Å². The lowest BCUT2D eigenvalue weighted by Gasteiger charge is -2.35. The van der Waals surface area contributed by atoms with Gasteiger partial charge in [-0.3, -0.25) is 9.89 Å². The first kappa shape index (κ1) is 14.0. The minimum Gasteiger partial charge on any atom is -0.333 e. The van der Waals surface area contributed by atoms with Gasteiger partial charge in [0.05, 0.1) is 0 Å². The summed E-state index contributed by atoms with van der Waals surface area (Å²) in [6.45, 7) is 11.7. The first-order valence-corrected chi connectivity index (χ1v) is 6.75. The van der Waals surface area contributed by atoms with Crippen LogP contribution in [-0.4, -0.2) is 51.2 Å². The van der Waals surface area contributed by atoms with Gasteiger partial charge in [0.2, 0.25) is 5.82 Å². The molecule has 2 N–H and O–H groups in total. The molecule has 0 bridgehead atoms. The van der Waals surface area contributed by atoms with Gasteiger partial charge in [-0.05, 0) is 13.8 Å². The van der Waals surface area contributed by atoms with Gasteiger partial charge >= 0.3 is 0 Å². The van der Waals surface area contributed by atoms with Gasteiger partial charge in [0.25, 0.3) is 5.91 Å². The Morgan fingerprint density at radius 3 is 2.32 bits per heavy atom. The van der Waals surface area contributed by atoms with E-state index in [4.69, 9.17) is 0 Å². The van der Waals surface area contributed by atoms with Crippen molar-refractivity contribution in [1.82, 2.24) is 25.4 Å². The maximum atomic E-state index is 12.4. The first-order valence-electron chi connectivity index (χ1n) is 6.75. The van der Waals surface area contributed by atoms with Gasteiger partial charge in [0.15, 0.2) is 0 Å². The number of carbonyl (C=O) groups is 1. The van der Waals surface area contributed by atoms with Gasteiger partial charge in [0.1, 0.15) is 5.82 Å². The Hall–Kier alpha value is -1.43. The molecule has 0 spiro atoms. The Morgan fingerprint density at radius 2 is 1.84 bits per heavy atom. The van der Waals surface area contributed by atoms with E-state index in [0.717, 1.165) is 5.82 Å². The molecule has 1 aromatic rings. The molecule has 2 unspecified atom stereocenters. The monoisotopic (exact) mass is 265 g/mol. The van der Waals surface area contributed by atoms with E-state index in [1.54, 1.807) is 0 Å². The molecule has 0 aromatic carbocycles. The van der Waals surface area contributed by atoms with Crippen LogP contribution in [0.15, 0.2) is 0 Å². The predicted octanol–water partition coefficient (Wildman–Crippen LogP) is 0.925. The number of hydrogen-bond donors (Lipinski definition) is 2. The molecule has 1 amide bonds. The topological polar surface area (TPSA) is 73.9 Å². The highest BCUT2D eigenvalue weighted by atomic mass is 16.2. The van der Waals surface area contributed by atoms with Crippen LogP contribution >= 0.6 is 0 Å². The van der Waals surface area contributed by atoms with Crippen molar-refractivity contribution in [2.45, 2.75) is 52.1 Å². The summed E-state index contributed by atoms with van der Waals surface area (Å²) in [6, 6.07) is 0.599. The molecule has 106 valence electrons. The molecule has 2 heterocycles. The van der Waals surface area contributed by atoms with Crippen molar-refractivity contribution >= 4 is 5.91 Å². The lowest BCUT2D eigenvalue weighted by atomic mass is 9.96. The van der Waals surface area contributed by atoms with Gasteiger partial charge in [-0.15, -0.1) is 5.10 Å². The van der Waals surface area contributed by atoms with Crippen LogP contribution in [0.4, 0.5) is 0 Å². The first-order chi connectivity index (χ1) is 8.77. The Labute approximate surface area is 114 Å². The van der Waals surface area contributed by atoms with Gasteiger partial charge in [-0.2, -0.15) is 0 Å². The number of nitrogens with one attached hydrogen (secondary N) is 2. The lowest BCUT2D eigenvalue weighted by Crippen LogP contribution is -2.56. The summed E-state index contributed by atoms with van der Waals surface area (Å²) in [5.41, 5.74) is -0.129. The number of amides is 1. The summed E-state index contributed by atoms with van der Waals surface area (Å²) in [6.07, 6.45) is 0. The third-order valence-electron chi connectivity index (χ3n) is 3.23. The third-order valence-corrected chi connectivity index (χ3v) is 3.23. The van der Waals surface area contributed by atoms with Gasteiger partial charge in [-0.25, -0.2) is 4.98 Å². The fraction of sp³-hybridized carbons (Fsp3) is 0.769. The standard InChI is InChI=1S/C13H23N5O/c1-8-6-18(7-9(2)14-8)11(19)10-15-12(17-16-10)13(3,4)5/h8-9,14H,6-7H2,1-5H3,(H,15,16,17). The van der Waals surface area contributed by atoms with Gasteiger partial charge in [0, 0.05) is 30.6 Å². The zero-order chi connectivity index (χ0) is 14.2. The second kappa shape index (κ2) is 4.92. The molecule has 1 fully saturated rings. The highest BCUT2D eigenvalue weighted by Gasteiger charge is 2.29. The Bertz CT molecular complexity index is 452. The SMILES string of the molecule is CC1CN(C(=O)c2n[nH]c(C(C)(C)C)n2)CC(C)N1. The van der Waals surface area contributed by atoms with Crippen LogP contribution in [-0.2, 0) is 5.41 Å². The van der Waals surface area contributed by atoms with Gasteiger partial charge < -0.3 is 10.2 Å². The quantitative estimate of drug-likeness (QED) is 0.792. The lowest BCUT2D eigenvalue weighted by molar-refractivity contribution is 0.0661. The Kier molecular flexibility index (Phi) is 3.62. The van der Waals surface area contributed by atoms with Crippen molar-refractivity contribution in [3.63, 3.8) is 0 Å². The van der Waals surface area contributed by atoms with Crippen LogP contribution in [0.2, 0.25) is 0 Å². The highest BCUT2D eigenvalue weighted by Crippen LogP contribution is 2.18. The largest absolute Gasteiger partial charge is 0.333 e. The fourth-order valence-corrected chi connectivity index (χ4v) is 2.33. The van der Waals surface area contributed by atoms with Crippen LogP contribution in [0.3, 0.4) is 0 Å². The number of carbonyl (C=O) groups excluding carboxylic acids is 1. The second-order valence-electron chi connectivity index (χ2n) is 6.44. The maximum absolute atomic E-state index is 12.4. The number of aromatic nitrogens is 3. The number of nitrogens with zero attached hydrogens (tertiary/aromatic N) is 3. The number of aromatic amines is 1. The molecule has 1 aromatic heterocycles.